The molecule has 1 aromatic carbocycles. The monoisotopic (exact) mass is 418 g/mol. The normalized spacial score (nSPS) is 17.5. The van der Waals surface area contributed by atoms with Crippen molar-refractivity contribution in [1.82, 2.24) is 4.90 Å². The summed E-state index contributed by atoms with van der Waals surface area (Å²) in [7, 11) is 0. The Hall–Kier alpha value is -1.15. The second-order valence-electron chi connectivity index (χ2n) is 3.81. The number of imide groups is 1. The van der Waals surface area contributed by atoms with Gasteiger partial charge < -0.3 is 12.2 Å². The predicted octanol–water partition coefficient (Wildman–Crippen LogP) is 2.04. The van der Waals surface area contributed by atoms with Crippen molar-refractivity contribution in [1.29, 1.82) is 0 Å². The molecule has 2 rings (SSSR count). The van der Waals surface area contributed by atoms with Gasteiger partial charge in [0.2, 0.25) is 5.91 Å². The van der Waals surface area contributed by atoms with Crippen LogP contribution in [0.25, 0.3) is 0 Å². The number of carbonyl (C=O) groups excluding carboxylic acids is 2. The zero-order valence-corrected chi connectivity index (χ0v) is 13.4. The van der Waals surface area contributed by atoms with Crippen LogP contribution in [0.5, 0.6) is 0 Å². The van der Waals surface area contributed by atoms with Gasteiger partial charge in [0.1, 0.15) is 6.61 Å². The Morgan fingerprint density at radius 3 is 2.56 bits per heavy atom. The van der Waals surface area contributed by atoms with E-state index in [0.29, 0.717) is 6.42 Å². The first-order valence-corrected chi connectivity index (χ1v) is 5.19. The zero-order chi connectivity index (χ0) is 11.5. The Balaban J connectivity index is 0.00000144. The fourth-order valence-corrected chi connectivity index (χ4v) is 1.88. The van der Waals surface area contributed by atoms with Crippen LogP contribution < -0.4 is 0 Å². The molecule has 0 saturated carbocycles. The van der Waals surface area contributed by atoms with Crippen molar-refractivity contribution in [2.75, 3.05) is 6.61 Å². The van der Waals surface area contributed by atoms with Crippen LogP contribution in [0.1, 0.15) is 12.5 Å². The van der Waals surface area contributed by atoms with E-state index in [4.69, 9.17) is 4.74 Å². The number of rotatable bonds is 2. The number of hydrogen-bond donors (Lipinski definition) is 0. The number of carbonyl (C=O) groups is 2. The third kappa shape index (κ3) is 3.67. The van der Waals surface area contributed by atoms with Gasteiger partial charge in [-0.1, -0.05) is 30.3 Å². The van der Waals surface area contributed by atoms with Crippen molar-refractivity contribution in [3.63, 3.8) is 0 Å². The van der Waals surface area contributed by atoms with Gasteiger partial charge in [-0.15, -0.1) is 0 Å². The summed E-state index contributed by atoms with van der Waals surface area (Å²) in [6.45, 7) is 1.66. The number of hydrogen-bond acceptors (Lipinski definition) is 3. The van der Waals surface area contributed by atoms with Gasteiger partial charge in [-0.2, -0.15) is 0 Å². The third-order valence-corrected chi connectivity index (χ3v) is 2.61. The molecule has 0 N–H and O–H groups in total. The van der Waals surface area contributed by atoms with Crippen molar-refractivity contribution in [3.8, 4) is 0 Å². The van der Waals surface area contributed by atoms with Crippen LogP contribution in [0.15, 0.2) is 30.3 Å². The molecule has 0 aromatic heterocycles. The molecule has 0 bridgehead atoms. The van der Waals surface area contributed by atoms with Gasteiger partial charge in [-0.25, -0.2) is 9.69 Å². The summed E-state index contributed by atoms with van der Waals surface area (Å²) in [6, 6.07) is 9.58. The minimum Gasteiger partial charge on any atom is -0.447 e. The van der Waals surface area contributed by atoms with E-state index in [1.54, 1.807) is 0 Å². The van der Waals surface area contributed by atoms with Crippen LogP contribution in [0, 0.1) is 7.43 Å². The van der Waals surface area contributed by atoms with Crippen LogP contribution in [-0.2, 0) is 37.0 Å². The molecule has 1 aromatic rings. The summed E-state index contributed by atoms with van der Waals surface area (Å²) in [5.41, 5.74) is 1.09. The Morgan fingerprint density at radius 2 is 2.00 bits per heavy atom. The number of benzene rings is 1. The average Bonchev–Trinajstić information content (AvgIpc) is 2.61. The summed E-state index contributed by atoms with van der Waals surface area (Å²) in [5.74, 6) is -0.261. The Kier molecular flexibility index (Phi) is 6.85. The van der Waals surface area contributed by atoms with Crippen molar-refractivity contribution >= 4 is 12.0 Å². The van der Waals surface area contributed by atoms with E-state index in [-0.39, 0.29) is 47.0 Å². The van der Waals surface area contributed by atoms with Crippen LogP contribution in [0.2, 0.25) is 0 Å². The van der Waals surface area contributed by atoms with Gasteiger partial charge >= 0.3 is 6.09 Å². The number of amides is 2. The molecule has 1 atom stereocenters. The number of nitrogens with zero attached hydrogens (tertiary/aromatic N) is 1. The van der Waals surface area contributed by atoms with E-state index in [9.17, 15) is 9.59 Å². The maximum Gasteiger partial charge on any atom is 0.416 e. The minimum absolute atomic E-state index is 0. The van der Waals surface area contributed by atoms with E-state index in [1.807, 2.05) is 30.3 Å². The molecule has 2 amide bonds. The van der Waals surface area contributed by atoms with E-state index in [1.165, 1.54) is 11.8 Å². The molecule has 1 fully saturated rings. The van der Waals surface area contributed by atoms with Gasteiger partial charge in [-0.3, -0.25) is 4.79 Å². The van der Waals surface area contributed by atoms with Crippen LogP contribution in [-0.4, -0.2) is 29.5 Å². The van der Waals surface area contributed by atoms with E-state index in [0.717, 1.165) is 5.56 Å². The average molecular weight is 418 g/mol. The first-order valence-electron chi connectivity index (χ1n) is 5.19. The predicted molar refractivity (Wildman–Crippen MR) is 64.2 cm³/mol. The molecule has 0 spiro atoms. The van der Waals surface area contributed by atoms with E-state index < -0.39 is 6.09 Å². The minimum atomic E-state index is -0.534. The summed E-state index contributed by atoms with van der Waals surface area (Å²) in [6.07, 6.45) is 0.111. The molecule has 4 nitrogen and oxygen atoms in total. The maximum atomic E-state index is 11.3. The van der Waals surface area contributed by atoms with Crippen molar-refractivity contribution in [2.24, 2.45) is 0 Å². The molecular weight excluding hydrogens is 402 g/mol. The zero-order valence-electron chi connectivity index (χ0n) is 10.5. The van der Waals surface area contributed by atoms with Gasteiger partial charge in [-0.05, 0) is 12.0 Å². The van der Waals surface area contributed by atoms with Gasteiger partial charge in [0, 0.05) is 28.0 Å². The molecular formula is C13H16NO3W-. The molecule has 1 saturated heterocycles. The first kappa shape index (κ1) is 16.8. The van der Waals surface area contributed by atoms with Crippen LogP contribution >= 0.6 is 0 Å². The molecule has 1 aliphatic rings. The van der Waals surface area contributed by atoms with Gasteiger partial charge in [0.15, 0.2) is 0 Å². The Labute approximate surface area is 122 Å². The van der Waals surface area contributed by atoms with E-state index >= 15 is 0 Å². The van der Waals surface area contributed by atoms with Crippen molar-refractivity contribution in [2.45, 2.75) is 19.4 Å². The molecule has 0 aliphatic carbocycles. The summed E-state index contributed by atoms with van der Waals surface area (Å²) >= 11 is 0. The van der Waals surface area contributed by atoms with Crippen LogP contribution in [0.3, 0.4) is 0 Å². The van der Waals surface area contributed by atoms with E-state index in [2.05, 4.69) is 0 Å². The maximum absolute atomic E-state index is 11.3. The molecule has 1 heterocycles. The second-order valence-corrected chi connectivity index (χ2v) is 3.81. The Bertz CT molecular complexity index is 408. The van der Waals surface area contributed by atoms with Crippen LogP contribution in [0.4, 0.5) is 4.79 Å². The number of cyclic esters (lactones) is 1. The summed E-state index contributed by atoms with van der Waals surface area (Å²) in [4.78, 5) is 23.8. The third-order valence-electron chi connectivity index (χ3n) is 2.61. The largest absolute Gasteiger partial charge is 0.447 e. The van der Waals surface area contributed by atoms with Crippen molar-refractivity contribution in [3.05, 3.63) is 43.3 Å². The topological polar surface area (TPSA) is 46.6 Å². The Morgan fingerprint density at radius 1 is 1.39 bits per heavy atom. The molecule has 18 heavy (non-hydrogen) atoms. The quantitative estimate of drug-likeness (QED) is 0.692. The molecule has 1 aliphatic heterocycles. The molecule has 1 unspecified atom stereocenters. The van der Waals surface area contributed by atoms with Crippen molar-refractivity contribution < 1.29 is 35.4 Å². The fourth-order valence-electron chi connectivity index (χ4n) is 1.88. The van der Waals surface area contributed by atoms with Gasteiger partial charge in [0.25, 0.3) is 0 Å². The molecule has 5 heteroatoms. The summed E-state index contributed by atoms with van der Waals surface area (Å²) in [5, 5.41) is 0. The van der Waals surface area contributed by atoms with Gasteiger partial charge in [0.05, 0.1) is 6.04 Å². The molecule has 0 radical (unpaired) electrons. The summed E-state index contributed by atoms with van der Waals surface area (Å²) < 4.78 is 4.88. The first-order chi connectivity index (χ1) is 7.68. The molecule has 98 valence electrons. The second kappa shape index (κ2) is 7.32. The smallest absolute Gasteiger partial charge is 0.416 e. The standard InChI is InChI=1S/C12H13NO3.CH3.W/c1-9(14)13-11(8-16-12(13)15)7-10-5-3-2-4-6-10;;/h2-6,11H,7-8H2,1H3;1H3;/q;-1;. The SMILES string of the molecule is CC(=O)N1C(=O)OCC1Cc1ccccc1.[CH3-].[W]. The fraction of sp³-hybridized carbons (Fsp3) is 0.308. The number of ether oxygens (including phenoxy) is 1.